The lowest BCUT2D eigenvalue weighted by Crippen LogP contribution is -1.91. The molecule has 25 aromatic carbocycles. The van der Waals surface area contributed by atoms with E-state index in [1.165, 1.54) is 98.4 Å². The topological polar surface area (TPSA) is 52.6 Å². The molecular weight excluding hydrogens is 1700 g/mol. The molecule has 140 heavy (non-hydrogen) atoms. The van der Waals surface area contributed by atoms with Crippen LogP contribution in [0.15, 0.2) is 527 Å². The van der Waals surface area contributed by atoms with Crippen molar-refractivity contribution in [1.29, 1.82) is 0 Å². The Bertz CT molecular complexity index is 10200. The van der Waals surface area contributed by atoms with Crippen molar-refractivity contribution in [3.63, 3.8) is 0 Å². The second kappa shape index (κ2) is 33.9. The predicted molar refractivity (Wildman–Crippen MR) is 591 cm³/mol. The van der Waals surface area contributed by atoms with E-state index in [0.29, 0.717) is 5.56 Å². The van der Waals surface area contributed by atoms with Crippen LogP contribution in [-0.2, 0) is 0 Å². The molecule has 0 aliphatic rings. The molecule has 29 aromatic rings. The van der Waals surface area contributed by atoms with Crippen molar-refractivity contribution in [2.45, 2.75) is 0 Å². The zero-order valence-electron chi connectivity index (χ0n) is 80.7. The predicted octanol–water partition coefficient (Wildman–Crippen LogP) is 39.1. The van der Waals surface area contributed by atoms with E-state index in [0.717, 1.165) is 176 Å². The molecule has 652 valence electrons. The first-order chi connectivity index (χ1) is 71.5. The van der Waals surface area contributed by atoms with Gasteiger partial charge in [-0.15, -0.1) is 0 Å². The van der Waals surface area contributed by atoms with Gasteiger partial charge in [0.05, 0.1) is 6.85 Å². The summed E-state index contributed by atoms with van der Waals surface area (Å²) in [5, 5.41) is 24.6. The molecule has 0 aliphatic heterocycles. The molecule has 0 fully saturated rings. The lowest BCUT2D eigenvalue weighted by Gasteiger charge is -2.18. The average molecular weight is 1790 g/mol. The molecule has 4 aromatic heterocycles. The van der Waals surface area contributed by atoms with Crippen molar-refractivity contribution >= 4 is 163 Å². The molecule has 0 spiro atoms. The fourth-order valence-electron chi connectivity index (χ4n) is 22.0. The molecule has 0 saturated heterocycles. The summed E-state index contributed by atoms with van der Waals surface area (Å²) in [6, 6.07) is 168. The average Bonchev–Trinajstić information content (AvgIpc) is 1.54. The minimum absolute atomic E-state index is 0.198. The summed E-state index contributed by atoms with van der Waals surface area (Å²) in [4.78, 5) is 0. The van der Waals surface area contributed by atoms with Crippen LogP contribution in [0.4, 0.5) is 0 Å². The monoisotopic (exact) mass is 1790 g/mol. The van der Waals surface area contributed by atoms with Crippen molar-refractivity contribution in [3.05, 3.63) is 509 Å². The third kappa shape index (κ3) is 13.8. The van der Waals surface area contributed by atoms with Gasteiger partial charge < -0.3 is 17.7 Å². The second-order valence-electron chi connectivity index (χ2n) is 36.2. The van der Waals surface area contributed by atoms with Crippen molar-refractivity contribution < 1.29 is 24.5 Å². The summed E-state index contributed by atoms with van der Waals surface area (Å²) in [5.41, 5.74) is 30.6. The SMILES string of the molecule is [2H]c1c([2H])c([2H])c(-c2c3ccccc3c(-c3ccc4oc5c(-c6ccccc6)cc(-c6cccc(-c7ccccc7)c6)cc5c4c3)c3ccccc23)c([2H])c1[2H].c1ccc(-c2c3ccccc3c(-c3cc(-c4ccc5ccccc5c4)c4oc5ccccc5c4c3)c3ccccc23)cc1.c1ccc(-c2c3ccccc3c(-c3cc(-c4ccc5oc6ccccc6c5c4)c4oc5ccccc5c4c3)c3ccccc23)cc1. The minimum atomic E-state index is -0.405. The van der Waals surface area contributed by atoms with Crippen molar-refractivity contribution in [2.75, 3.05) is 0 Å². The van der Waals surface area contributed by atoms with E-state index < -0.39 is 6.04 Å². The van der Waals surface area contributed by atoms with Crippen LogP contribution in [0.2, 0.25) is 0 Å². The van der Waals surface area contributed by atoms with Crippen molar-refractivity contribution in [1.82, 2.24) is 0 Å². The van der Waals surface area contributed by atoms with E-state index in [9.17, 15) is 0 Å². The van der Waals surface area contributed by atoms with Crippen LogP contribution in [0, 0.1) is 0 Å². The molecule has 4 nitrogen and oxygen atoms in total. The Hall–Kier alpha value is -18.5. The number of hydrogen-bond acceptors (Lipinski definition) is 4. The largest absolute Gasteiger partial charge is 0.456 e. The number of furan rings is 4. The standard InChI is InChI=1S/C50H32O.C44H26O2.C42H26O/c1-4-15-33(16-5-1)36-21-14-22-37(29-36)39-31-44(34-17-6-2-7-18-34)50-46(32-39)45-30-38(27-28-47(45)51-50)49-42-25-12-10-23-40(42)48(35-19-8-3-9-20-35)41-24-11-13-26-43(41)49;1-2-12-27(13-3-1)42-32-16-4-6-18-34(32)43(35-19-7-5-17-33(35)42)29-25-36(44-38(26-29)31-15-9-11-21-40(31)46-44)28-22-23-41-37(24-28)30-14-8-10-20-39(30)45-41;1-2-13-28(14-3-1)40-33-17-6-8-19-35(33)41(36-20-9-7-18-34(36)40)31-25-37(30-23-22-27-12-4-5-15-29(27)24-30)42-38(26-31)32-16-10-11-21-39(32)43-42/h1-32H;1-26H;1-26H/i3D,8D,9D,19D,20D;;. The molecule has 4 heteroatoms. The Labute approximate surface area is 814 Å². The van der Waals surface area contributed by atoms with Crippen LogP contribution >= 0.6 is 0 Å². The van der Waals surface area contributed by atoms with Crippen LogP contribution < -0.4 is 0 Å². The van der Waals surface area contributed by atoms with Gasteiger partial charge in [0.2, 0.25) is 0 Å². The highest BCUT2D eigenvalue weighted by Crippen LogP contribution is 2.53. The van der Waals surface area contributed by atoms with Crippen LogP contribution in [0.5, 0.6) is 0 Å². The third-order valence-electron chi connectivity index (χ3n) is 28.2. The number of benzene rings is 25. The van der Waals surface area contributed by atoms with E-state index in [4.69, 9.17) is 24.5 Å². The molecule has 4 heterocycles. The van der Waals surface area contributed by atoms with Gasteiger partial charge >= 0.3 is 0 Å². The molecule has 0 radical (unpaired) electrons. The van der Waals surface area contributed by atoms with E-state index in [2.05, 4.69) is 400 Å². The van der Waals surface area contributed by atoms with Gasteiger partial charge in [-0.25, -0.2) is 0 Å². The summed E-state index contributed by atoms with van der Waals surface area (Å²) in [5.74, 6) is 0. The summed E-state index contributed by atoms with van der Waals surface area (Å²) >= 11 is 0. The highest BCUT2D eigenvalue weighted by molar-refractivity contribution is 6.27. The highest BCUT2D eigenvalue weighted by Gasteiger charge is 2.27. The number of rotatable bonds is 11. The molecule has 0 N–H and O–H groups in total. The first kappa shape index (κ1) is 75.9. The van der Waals surface area contributed by atoms with E-state index in [1.807, 2.05) is 78.9 Å². The van der Waals surface area contributed by atoms with E-state index in [1.54, 1.807) is 0 Å². The maximum Gasteiger partial charge on any atom is 0.143 e. The van der Waals surface area contributed by atoms with Gasteiger partial charge in [-0.05, 0) is 272 Å². The molecule has 0 atom stereocenters. The molecular formula is C136H84O4. The smallest absolute Gasteiger partial charge is 0.143 e. The van der Waals surface area contributed by atoms with Gasteiger partial charge in [-0.3, -0.25) is 0 Å². The van der Waals surface area contributed by atoms with Gasteiger partial charge in [-0.1, -0.05) is 418 Å². The molecule has 0 unspecified atom stereocenters. The van der Waals surface area contributed by atoms with Gasteiger partial charge in [0.15, 0.2) is 0 Å². The Morgan fingerprint density at radius 2 is 0.400 bits per heavy atom. The Morgan fingerprint density at radius 3 is 0.857 bits per heavy atom. The minimum Gasteiger partial charge on any atom is -0.456 e. The lowest BCUT2D eigenvalue weighted by atomic mass is 9.85. The summed E-state index contributed by atoms with van der Waals surface area (Å²) < 4.78 is 69.2. The van der Waals surface area contributed by atoms with Crippen LogP contribution in [0.3, 0.4) is 0 Å². The Kier molecular flexibility index (Phi) is 18.3. The highest BCUT2D eigenvalue weighted by atomic mass is 16.3. The van der Waals surface area contributed by atoms with Crippen LogP contribution in [-0.4, -0.2) is 0 Å². The quantitative estimate of drug-likeness (QED) is 0.121. The summed E-state index contributed by atoms with van der Waals surface area (Å²) in [7, 11) is 0. The molecule has 0 saturated carbocycles. The fourth-order valence-corrected chi connectivity index (χ4v) is 22.0. The van der Waals surface area contributed by atoms with Crippen LogP contribution in [0.25, 0.3) is 286 Å². The number of fused-ring (bicyclic) bond motifs is 19. The maximum absolute atomic E-state index is 8.92. The zero-order valence-corrected chi connectivity index (χ0v) is 75.7. The second-order valence-corrected chi connectivity index (χ2v) is 36.2. The lowest BCUT2D eigenvalue weighted by molar-refractivity contribution is 0.668. The van der Waals surface area contributed by atoms with Crippen molar-refractivity contribution in [3.8, 4) is 122 Å². The number of para-hydroxylation sites is 3. The van der Waals surface area contributed by atoms with Gasteiger partial charge in [0.1, 0.15) is 44.7 Å². The summed E-state index contributed by atoms with van der Waals surface area (Å²) in [6.45, 7) is 0. The molecule has 0 amide bonds. The third-order valence-corrected chi connectivity index (χ3v) is 28.2. The van der Waals surface area contributed by atoms with E-state index >= 15 is 0 Å². The normalized spacial score (nSPS) is 12.2. The van der Waals surface area contributed by atoms with Crippen LogP contribution in [0.1, 0.15) is 6.85 Å². The van der Waals surface area contributed by atoms with Gasteiger partial charge in [0, 0.05) is 59.8 Å². The Morgan fingerprint density at radius 1 is 0.129 bits per heavy atom. The molecule has 0 bridgehead atoms. The zero-order chi connectivity index (χ0) is 96.6. The maximum atomic E-state index is 8.92. The molecule has 29 rings (SSSR count). The number of hydrogen-bond donors (Lipinski definition) is 0. The molecule has 0 aliphatic carbocycles. The summed E-state index contributed by atoms with van der Waals surface area (Å²) in [6.07, 6.45) is 0. The first-order valence-electron chi connectivity index (χ1n) is 50.0. The van der Waals surface area contributed by atoms with Crippen molar-refractivity contribution in [2.24, 2.45) is 0 Å². The fraction of sp³-hybridized carbons (Fsp3) is 0. The van der Waals surface area contributed by atoms with Gasteiger partial charge in [-0.2, -0.15) is 0 Å². The Balaban J connectivity index is 0.000000109. The van der Waals surface area contributed by atoms with Gasteiger partial charge in [0.25, 0.3) is 0 Å². The van der Waals surface area contributed by atoms with E-state index in [-0.39, 0.29) is 29.7 Å². The first-order valence-corrected chi connectivity index (χ1v) is 47.5.